The molecule has 0 spiro atoms. The molecule has 3 rings (SSSR count). The van der Waals surface area contributed by atoms with Gasteiger partial charge in [-0.25, -0.2) is 0 Å². The van der Waals surface area contributed by atoms with Gasteiger partial charge in [0.25, 0.3) is 0 Å². The van der Waals surface area contributed by atoms with E-state index in [9.17, 15) is 18.0 Å². The summed E-state index contributed by atoms with van der Waals surface area (Å²) in [4.78, 5) is 15.1. The van der Waals surface area contributed by atoms with Gasteiger partial charge in [0.2, 0.25) is 5.91 Å². The summed E-state index contributed by atoms with van der Waals surface area (Å²) in [6.07, 6.45) is 2.40. The summed E-state index contributed by atoms with van der Waals surface area (Å²) in [5.41, 5.74) is 5.61. The molecule has 0 fully saturated rings. The molecule has 1 amide bonds. The topological polar surface area (TPSA) is 49.6 Å². The Balaban J connectivity index is 2.02. The van der Waals surface area contributed by atoms with Gasteiger partial charge in [0.15, 0.2) is 0 Å². The van der Waals surface area contributed by atoms with Gasteiger partial charge in [-0.05, 0) is 28.8 Å². The van der Waals surface area contributed by atoms with Crippen LogP contribution >= 0.6 is 0 Å². The molecule has 0 atom stereocenters. The first kappa shape index (κ1) is 18.6. The summed E-state index contributed by atoms with van der Waals surface area (Å²) in [7, 11) is 1.83. The van der Waals surface area contributed by atoms with Crippen LogP contribution in [0, 0.1) is 0 Å². The lowest BCUT2D eigenvalue weighted by atomic mass is 9.95. The predicted octanol–water partition coefficient (Wildman–Crippen LogP) is 4.16. The molecule has 0 aromatic heterocycles. The van der Waals surface area contributed by atoms with E-state index >= 15 is 0 Å². The minimum Gasteiger partial charge on any atom is -0.366 e. The first-order valence-corrected chi connectivity index (χ1v) is 8.19. The van der Waals surface area contributed by atoms with Gasteiger partial charge in [0, 0.05) is 44.0 Å². The van der Waals surface area contributed by atoms with Crippen LogP contribution in [0.25, 0.3) is 11.1 Å². The molecule has 0 bridgehead atoms. The second-order valence-corrected chi connectivity index (χ2v) is 6.21. The van der Waals surface area contributed by atoms with Crippen molar-refractivity contribution in [3.8, 4) is 11.1 Å². The smallest absolute Gasteiger partial charge is 0.366 e. The quantitative estimate of drug-likeness (QED) is 0.876. The van der Waals surface area contributed by atoms with Crippen molar-refractivity contribution in [2.75, 3.05) is 7.05 Å². The Kier molecular flexibility index (Phi) is 4.94. The van der Waals surface area contributed by atoms with Crippen LogP contribution in [-0.4, -0.2) is 22.8 Å². The molecular formula is C20H18F3N3O. The molecule has 0 radical (unpaired) electrons. The van der Waals surface area contributed by atoms with Crippen LogP contribution in [0.1, 0.15) is 21.5 Å². The summed E-state index contributed by atoms with van der Waals surface area (Å²) in [6, 6.07) is 10.4. The number of carbonyl (C=O) groups excluding carboxylic acids is 1. The van der Waals surface area contributed by atoms with Gasteiger partial charge in [-0.2, -0.15) is 13.2 Å². The van der Waals surface area contributed by atoms with Crippen molar-refractivity contribution in [3.63, 3.8) is 0 Å². The third-order valence-corrected chi connectivity index (χ3v) is 4.26. The van der Waals surface area contributed by atoms with Crippen LogP contribution in [0.3, 0.4) is 0 Å². The number of halogens is 3. The van der Waals surface area contributed by atoms with E-state index in [0.29, 0.717) is 11.1 Å². The number of alkyl halides is 3. The molecule has 2 N–H and O–H groups in total. The number of hydrogen-bond acceptors (Lipinski definition) is 3. The van der Waals surface area contributed by atoms with Gasteiger partial charge in [-0.1, -0.05) is 30.3 Å². The van der Waals surface area contributed by atoms with Gasteiger partial charge in [-0.3, -0.25) is 4.79 Å². The molecule has 1 heterocycles. The van der Waals surface area contributed by atoms with Gasteiger partial charge in [0.05, 0.1) is 5.56 Å². The number of nitrogens with two attached hydrogens (primary N) is 1. The molecule has 27 heavy (non-hydrogen) atoms. The fourth-order valence-corrected chi connectivity index (χ4v) is 2.88. The fourth-order valence-electron chi connectivity index (χ4n) is 2.88. The molecule has 140 valence electrons. The van der Waals surface area contributed by atoms with Gasteiger partial charge >= 0.3 is 6.18 Å². The van der Waals surface area contributed by atoms with Crippen LogP contribution in [0.15, 0.2) is 67.3 Å². The maximum absolute atomic E-state index is 13.7. The Morgan fingerprint density at radius 3 is 2.33 bits per heavy atom. The summed E-state index contributed by atoms with van der Waals surface area (Å²) in [5.74, 6) is -0.684. The number of hydrogen-bond donors (Lipinski definition) is 1. The summed E-state index contributed by atoms with van der Waals surface area (Å²) < 4.78 is 41.0. The zero-order chi connectivity index (χ0) is 19.6. The molecule has 2 aromatic carbocycles. The Labute approximate surface area is 155 Å². The molecule has 4 nitrogen and oxygen atoms in total. The van der Waals surface area contributed by atoms with Crippen molar-refractivity contribution in [1.29, 1.82) is 0 Å². The van der Waals surface area contributed by atoms with Crippen LogP contribution in [0.5, 0.6) is 0 Å². The van der Waals surface area contributed by atoms with E-state index in [0.717, 1.165) is 6.07 Å². The van der Waals surface area contributed by atoms with Gasteiger partial charge in [-0.15, -0.1) is 0 Å². The minimum absolute atomic E-state index is 0.0768. The van der Waals surface area contributed by atoms with E-state index in [1.807, 2.05) is 7.05 Å². The van der Waals surface area contributed by atoms with Crippen LogP contribution in [0.4, 0.5) is 13.2 Å². The highest BCUT2D eigenvalue weighted by Crippen LogP contribution is 2.36. The molecule has 0 saturated carbocycles. The van der Waals surface area contributed by atoms with E-state index < -0.39 is 17.6 Å². The minimum atomic E-state index is -4.52. The lowest BCUT2D eigenvalue weighted by molar-refractivity contribution is -0.138. The summed E-state index contributed by atoms with van der Waals surface area (Å²) >= 11 is 0. The Hall–Kier alpha value is -3.22. The molecule has 1 aliphatic heterocycles. The van der Waals surface area contributed by atoms with Crippen molar-refractivity contribution in [2.45, 2.75) is 12.7 Å². The molecule has 0 saturated heterocycles. The normalized spacial score (nSPS) is 13.9. The number of benzene rings is 2. The summed E-state index contributed by atoms with van der Waals surface area (Å²) in [6.45, 7) is 0.0768. The maximum atomic E-state index is 13.7. The van der Waals surface area contributed by atoms with Crippen molar-refractivity contribution >= 4 is 5.91 Å². The van der Waals surface area contributed by atoms with Crippen LogP contribution in [-0.2, 0) is 12.7 Å². The molecule has 2 aromatic rings. The van der Waals surface area contributed by atoms with Crippen molar-refractivity contribution in [2.24, 2.45) is 5.73 Å². The average Bonchev–Trinajstić information content (AvgIpc) is 2.63. The fraction of sp³-hybridized carbons (Fsp3) is 0.150. The van der Waals surface area contributed by atoms with Crippen LogP contribution < -0.4 is 5.73 Å². The van der Waals surface area contributed by atoms with Gasteiger partial charge in [0.1, 0.15) is 0 Å². The summed E-state index contributed by atoms with van der Waals surface area (Å²) in [5, 5.41) is 0. The molecule has 0 aliphatic carbocycles. The number of nitrogens with zero attached hydrogens (tertiary/aromatic N) is 2. The number of amides is 1. The third kappa shape index (κ3) is 4.13. The molecule has 1 aliphatic rings. The highest BCUT2D eigenvalue weighted by Gasteiger charge is 2.34. The number of carbonyl (C=O) groups is 1. The lowest BCUT2D eigenvalue weighted by Crippen LogP contribution is -2.19. The first-order chi connectivity index (χ1) is 12.8. The largest absolute Gasteiger partial charge is 0.416 e. The Bertz CT molecular complexity index is 905. The van der Waals surface area contributed by atoms with E-state index in [4.69, 9.17) is 5.73 Å². The average molecular weight is 373 g/mol. The predicted molar refractivity (Wildman–Crippen MR) is 97.0 cm³/mol. The van der Waals surface area contributed by atoms with E-state index in [1.165, 1.54) is 12.1 Å². The maximum Gasteiger partial charge on any atom is 0.416 e. The zero-order valence-corrected chi connectivity index (χ0v) is 14.6. The Morgan fingerprint density at radius 2 is 1.70 bits per heavy atom. The van der Waals surface area contributed by atoms with Crippen molar-refractivity contribution < 1.29 is 18.0 Å². The van der Waals surface area contributed by atoms with E-state index in [2.05, 4.69) is 0 Å². The van der Waals surface area contributed by atoms with E-state index in [-0.39, 0.29) is 17.7 Å². The second kappa shape index (κ2) is 7.19. The second-order valence-electron chi connectivity index (χ2n) is 6.21. The van der Waals surface area contributed by atoms with Gasteiger partial charge < -0.3 is 15.5 Å². The van der Waals surface area contributed by atoms with Crippen molar-refractivity contribution in [1.82, 2.24) is 9.80 Å². The zero-order valence-electron chi connectivity index (χ0n) is 14.6. The third-order valence-electron chi connectivity index (χ3n) is 4.26. The first-order valence-electron chi connectivity index (χ1n) is 8.19. The SMILES string of the molecule is CN1C=CN(Cc2ccc(-c3ccccc3C(N)=O)cc2C(F)(F)F)C=C1. The highest BCUT2D eigenvalue weighted by molar-refractivity contribution is 5.99. The molecule has 7 heteroatoms. The van der Waals surface area contributed by atoms with Crippen molar-refractivity contribution in [3.05, 3.63) is 84.0 Å². The highest BCUT2D eigenvalue weighted by atomic mass is 19.4. The number of primary amides is 1. The molecule has 0 unspecified atom stereocenters. The standard InChI is InChI=1S/C20H18F3N3O/c1-25-8-10-26(11-9-25)13-15-7-6-14(12-18(15)20(21,22)23)16-4-2-3-5-17(16)19(24)27/h2-12H,13H2,1H3,(H2,24,27). The number of rotatable bonds is 4. The van der Waals surface area contributed by atoms with Crippen LogP contribution in [0.2, 0.25) is 0 Å². The van der Waals surface area contributed by atoms with E-state index in [1.54, 1.807) is 58.9 Å². The lowest BCUT2D eigenvalue weighted by Gasteiger charge is -2.24. The molecular weight excluding hydrogens is 355 g/mol. The monoisotopic (exact) mass is 373 g/mol. The Morgan fingerprint density at radius 1 is 1.04 bits per heavy atom.